The Kier molecular flexibility index (Phi) is 3.64. The molecule has 0 saturated heterocycles. The van der Waals surface area contributed by atoms with Crippen LogP contribution in [0.15, 0.2) is 18.2 Å². The lowest BCUT2D eigenvalue weighted by Crippen LogP contribution is -2.08. The summed E-state index contributed by atoms with van der Waals surface area (Å²) >= 11 is 0. The fourth-order valence-corrected chi connectivity index (χ4v) is 1.94. The minimum Gasteiger partial charge on any atom is -0.464 e. The van der Waals surface area contributed by atoms with E-state index in [0.29, 0.717) is 6.42 Å². The van der Waals surface area contributed by atoms with Crippen LogP contribution in [-0.2, 0) is 11.2 Å². The molecule has 19 heavy (non-hydrogen) atoms. The number of hydrogen-bond donors (Lipinski definition) is 0. The second-order valence-corrected chi connectivity index (χ2v) is 4.41. The molecule has 2 aromatic rings. The average Bonchev–Trinajstić information content (AvgIpc) is 2.84. The summed E-state index contributed by atoms with van der Waals surface area (Å²) in [6.45, 7) is 6.06. The molecule has 0 aliphatic carbocycles. The Labute approximate surface area is 112 Å². The van der Waals surface area contributed by atoms with Crippen molar-refractivity contribution in [1.29, 1.82) is 0 Å². The van der Waals surface area contributed by atoms with Gasteiger partial charge in [0.05, 0.1) is 18.5 Å². The molecule has 0 aliphatic rings. The Morgan fingerprint density at radius 2 is 2.05 bits per heavy atom. The van der Waals surface area contributed by atoms with E-state index < -0.39 is 5.97 Å². The normalized spacial score (nSPS) is 10.5. The smallest absolute Gasteiger partial charge is 0.360 e. The second-order valence-electron chi connectivity index (χ2n) is 4.41. The third-order valence-electron chi connectivity index (χ3n) is 3.21. The number of rotatable bonds is 3. The number of aryl methyl sites for hydroxylation is 2. The van der Waals surface area contributed by atoms with Gasteiger partial charge in [-0.1, -0.05) is 18.2 Å². The van der Waals surface area contributed by atoms with Gasteiger partial charge in [0.2, 0.25) is 0 Å². The minimum atomic E-state index is -0.452. The fourth-order valence-electron chi connectivity index (χ4n) is 1.94. The van der Waals surface area contributed by atoms with E-state index in [-0.39, 0.29) is 5.69 Å². The summed E-state index contributed by atoms with van der Waals surface area (Å²) in [6, 6.07) is 6.03. The second kappa shape index (κ2) is 5.22. The summed E-state index contributed by atoms with van der Waals surface area (Å²) in [7, 11) is 1.34. The van der Waals surface area contributed by atoms with Crippen LogP contribution in [0, 0.1) is 13.8 Å². The van der Waals surface area contributed by atoms with E-state index in [0.717, 1.165) is 11.4 Å². The number of aromatic nitrogens is 3. The number of esters is 1. The zero-order valence-corrected chi connectivity index (χ0v) is 11.6. The lowest BCUT2D eigenvalue weighted by atomic mass is 10.1. The molecule has 0 unspecified atom stereocenters. The standard InChI is InChI=1S/C14H17N3O2/c1-5-12-13(14(18)19-4)15-16-17(12)11-7-6-9(2)10(3)8-11/h6-8H,5H2,1-4H3. The van der Waals surface area contributed by atoms with E-state index in [1.165, 1.54) is 18.2 Å². The average molecular weight is 259 g/mol. The van der Waals surface area contributed by atoms with Gasteiger partial charge in [-0.2, -0.15) is 0 Å². The molecule has 0 aliphatic heterocycles. The number of benzene rings is 1. The van der Waals surface area contributed by atoms with Crippen molar-refractivity contribution in [1.82, 2.24) is 15.0 Å². The highest BCUT2D eigenvalue weighted by Crippen LogP contribution is 2.17. The summed E-state index contributed by atoms with van der Waals surface area (Å²) in [6.07, 6.45) is 0.657. The van der Waals surface area contributed by atoms with Gasteiger partial charge in [-0.3, -0.25) is 0 Å². The lowest BCUT2D eigenvalue weighted by Gasteiger charge is -2.08. The van der Waals surface area contributed by atoms with E-state index in [4.69, 9.17) is 4.74 Å². The summed E-state index contributed by atoms with van der Waals surface area (Å²) in [4.78, 5) is 11.6. The molecule has 0 radical (unpaired) electrons. The molecular formula is C14H17N3O2. The Bertz CT molecular complexity index is 617. The van der Waals surface area contributed by atoms with E-state index >= 15 is 0 Å². The molecule has 2 rings (SSSR count). The molecule has 1 aromatic carbocycles. The van der Waals surface area contributed by atoms with Crippen LogP contribution in [0.25, 0.3) is 5.69 Å². The van der Waals surface area contributed by atoms with Gasteiger partial charge < -0.3 is 4.74 Å². The first-order valence-corrected chi connectivity index (χ1v) is 6.19. The van der Waals surface area contributed by atoms with Crippen LogP contribution < -0.4 is 0 Å². The maximum atomic E-state index is 11.6. The summed E-state index contributed by atoms with van der Waals surface area (Å²) in [5, 5.41) is 7.99. The SMILES string of the molecule is CCc1c(C(=O)OC)nnn1-c1ccc(C)c(C)c1. The summed E-state index contributed by atoms with van der Waals surface area (Å²) < 4.78 is 6.41. The first-order chi connectivity index (χ1) is 9.08. The molecule has 0 amide bonds. The van der Waals surface area contributed by atoms with Crippen LogP contribution in [0.4, 0.5) is 0 Å². The quantitative estimate of drug-likeness (QED) is 0.793. The third kappa shape index (κ3) is 2.36. The van der Waals surface area contributed by atoms with Gasteiger partial charge in [-0.05, 0) is 43.5 Å². The minimum absolute atomic E-state index is 0.281. The van der Waals surface area contributed by atoms with Crippen molar-refractivity contribution in [3.8, 4) is 5.69 Å². The zero-order valence-electron chi connectivity index (χ0n) is 11.6. The highest BCUT2D eigenvalue weighted by molar-refractivity contribution is 5.88. The van der Waals surface area contributed by atoms with Crippen molar-refractivity contribution in [2.45, 2.75) is 27.2 Å². The van der Waals surface area contributed by atoms with Gasteiger partial charge in [-0.25, -0.2) is 9.48 Å². The van der Waals surface area contributed by atoms with Gasteiger partial charge in [0.15, 0.2) is 5.69 Å². The summed E-state index contributed by atoms with van der Waals surface area (Å²) in [5.74, 6) is -0.452. The Morgan fingerprint density at radius 3 is 2.63 bits per heavy atom. The Balaban J connectivity index is 2.53. The highest BCUT2D eigenvalue weighted by Gasteiger charge is 2.19. The number of hydrogen-bond acceptors (Lipinski definition) is 4. The van der Waals surface area contributed by atoms with Crippen molar-refractivity contribution in [2.75, 3.05) is 7.11 Å². The molecule has 100 valence electrons. The van der Waals surface area contributed by atoms with Crippen LogP contribution in [0.3, 0.4) is 0 Å². The number of ether oxygens (including phenoxy) is 1. The zero-order chi connectivity index (χ0) is 14.0. The Morgan fingerprint density at radius 1 is 1.32 bits per heavy atom. The lowest BCUT2D eigenvalue weighted by molar-refractivity contribution is 0.0592. The molecule has 5 nitrogen and oxygen atoms in total. The molecular weight excluding hydrogens is 242 g/mol. The molecule has 1 aromatic heterocycles. The van der Waals surface area contributed by atoms with E-state index in [2.05, 4.69) is 17.2 Å². The third-order valence-corrected chi connectivity index (χ3v) is 3.21. The first kappa shape index (κ1) is 13.3. The Hall–Kier alpha value is -2.17. The predicted octanol–water partition coefficient (Wildman–Crippen LogP) is 2.23. The van der Waals surface area contributed by atoms with Crippen molar-refractivity contribution >= 4 is 5.97 Å². The van der Waals surface area contributed by atoms with Gasteiger partial charge in [0.1, 0.15) is 0 Å². The number of carbonyl (C=O) groups is 1. The van der Waals surface area contributed by atoms with Crippen LogP contribution >= 0.6 is 0 Å². The molecule has 0 fully saturated rings. The summed E-state index contributed by atoms with van der Waals surface area (Å²) in [5.41, 5.74) is 4.34. The maximum Gasteiger partial charge on any atom is 0.360 e. The fraction of sp³-hybridized carbons (Fsp3) is 0.357. The molecule has 1 heterocycles. The van der Waals surface area contributed by atoms with Crippen LogP contribution in [-0.4, -0.2) is 28.1 Å². The van der Waals surface area contributed by atoms with Crippen LogP contribution in [0.2, 0.25) is 0 Å². The molecule has 0 bridgehead atoms. The molecule has 0 saturated carbocycles. The van der Waals surface area contributed by atoms with Gasteiger partial charge in [0.25, 0.3) is 0 Å². The van der Waals surface area contributed by atoms with Crippen LogP contribution in [0.5, 0.6) is 0 Å². The van der Waals surface area contributed by atoms with E-state index in [1.54, 1.807) is 4.68 Å². The molecule has 0 atom stereocenters. The largest absolute Gasteiger partial charge is 0.464 e. The van der Waals surface area contributed by atoms with Crippen molar-refractivity contribution in [3.05, 3.63) is 40.7 Å². The van der Waals surface area contributed by atoms with Gasteiger partial charge in [0, 0.05) is 0 Å². The van der Waals surface area contributed by atoms with Crippen LogP contribution in [0.1, 0.15) is 34.2 Å². The number of carbonyl (C=O) groups excluding carboxylic acids is 1. The number of methoxy groups -OCH3 is 1. The van der Waals surface area contributed by atoms with Crippen molar-refractivity contribution < 1.29 is 9.53 Å². The molecule has 0 N–H and O–H groups in total. The highest BCUT2D eigenvalue weighted by atomic mass is 16.5. The predicted molar refractivity (Wildman–Crippen MR) is 71.6 cm³/mol. The number of nitrogens with zero attached hydrogens (tertiary/aromatic N) is 3. The molecule has 0 spiro atoms. The first-order valence-electron chi connectivity index (χ1n) is 6.19. The van der Waals surface area contributed by atoms with E-state index in [9.17, 15) is 4.79 Å². The monoisotopic (exact) mass is 259 g/mol. The molecule has 5 heteroatoms. The van der Waals surface area contributed by atoms with Crippen molar-refractivity contribution in [2.24, 2.45) is 0 Å². The van der Waals surface area contributed by atoms with E-state index in [1.807, 2.05) is 32.0 Å². The van der Waals surface area contributed by atoms with Gasteiger partial charge in [-0.15, -0.1) is 5.10 Å². The topological polar surface area (TPSA) is 57.0 Å². The van der Waals surface area contributed by atoms with Crippen molar-refractivity contribution in [3.63, 3.8) is 0 Å². The maximum absolute atomic E-state index is 11.6. The van der Waals surface area contributed by atoms with Gasteiger partial charge >= 0.3 is 5.97 Å².